The van der Waals surface area contributed by atoms with Gasteiger partial charge in [0.05, 0.1) is 17.1 Å². The van der Waals surface area contributed by atoms with Crippen LogP contribution in [-0.4, -0.2) is 67.1 Å². The van der Waals surface area contributed by atoms with Crippen molar-refractivity contribution in [1.82, 2.24) is 15.2 Å². The minimum atomic E-state index is -0.0841. The number of hydrogen-bond acceptors (Lipinski definition) is 12. The largest absolute Gasteiger partial charge is 0.457 e. The van der Waals surface area contributed by atoms with Crippen molar-refractivity contribution in [3.05, 3.63) is 197 Å². The monoisotopic (exact) mass is 1210 g/mol. The van der Waals surface area contributed by atoms with E-state index in [-0.39, 0.29) is 51.5 Å². The summed E-state index contributed by atoms with van der Waals surface area (Å²) in [7, 11) is 0. The summed E-state index contributed by atoms with van der Waals surface area (Å²) in [5.41, 5.74) is 8.58. The number of benzene rings is 7. The standard InChI is InChI=1S/C78H96N6O6/c1-55(88-82-73(4,5)43-16-44-74(82,6)7)61-25-19-58(20-26-61)52-79-64-31-37-67(38-32-64)85-70-49-71(86-68-39-33-65(34-40-68)80-53-59-21-27-62(28-22-59)56(2)89-83-75(8,9)45-17-46-76(83,10)11)51-72(50-70)87-69-41-35-66(36-42-69)81-54-60-23-29-63(30-24-60)57(3)90-84-77(12,13)47-18-48-78(84,14)15/h19-42,49-57H,16-18,43-48H2,1-15H3. The van der Waals surface area contributed by atoms with Gasteiger partial charge in [0.25, 0.3) is 0 Å². The Morgan fingerprint density at radius 2 is 0.511 bits per heavy atom. The van der Waals surface area contributed by atoms with Crippen LogP contribution in [0.15, 0.2) is 179 Å². The summed E-state index contributed by atoms with van der Waals surface area (Å²) in [6.07, 6.45) is 15.7. The maximum absolute atomic E-state index is 6.66. The van der Waals surface area contributed by atoms with Gasteiger partial charge in [-0.2, -0.15) is 15.2 Å². The molecule has 0 N–H and O–H groups in total. The molecule has 0 radical (unpaired) electrons. The summed E-state index contributed by atoms with van der Waals surface area (Å²) in [6, 6.07) is 54.0. The molecule has 3 aliphatic rings. The lowest BCUT2D eigenvalue weighted by Gasteiger charge is -2.52. The van der Waals surface area contributed by atoms with E-state index in [2.05, 4.69) is 192 Å². The third-order valence-corrected chi connectivity index (χ3v) is 18.2. The molecule has 7 aromatic rings. The molecule has 90 heavy (non-hydrogen) atoms. The molecule has 0 amide bonds. The minimum Gasteiger partial charge on any atom is -0.457 e. The molecule has 7 aromatic carbocycles. The van der Waals surface area contributed by atoms with Crippen molar-refractivity contribution in [2.75, 3.05) is 0 Å². The molecule has 0 bridgehead atoms. The van der Waals surface area contributed by atoms with Crippen LogP contribution in [0.4, 0.5) is 17.1 Å². The summed E-state index contributed by atoms with van der Waals surface area (Å²) >= 11 is 0. The van der Waals surface area contributed by atoms with Gasteiger partial charge in [0.15, 0.2) is 0 Å². The molecule has 0 aromatic heterocycles. The number of ether oxygens (including phenoxy) is 3. The Morgan fingerprint density at radius 3 is 0.722 bits per heavy atom. The molecule has 0 saturated carbocycles. The van der Waals surface area contributed by atoms with Crippen molar-refractivity contribution >= 4 is 35.7 Å². The Kier molecular flexibility index (Phi) is 19.9. The van der Waals surface area contributed by atoms with Crippen molar-refractivity contribution in [3.63, 3.8) is 0 Å². The number of nitrogens with zero attached hydrogens (tertiary/aromatic N) is 6. The molecular formula is C78H96N6O6. The number of aliphatic imine (C=N–C) groups is 3. The molecule has 3 unspecified atom stereocenters. The molecule has 474 valence electrons. The molecule has 3 atom stereocenters. The first kappa shape index (κ1) is 65.7. The van der Waals surface area contributed by atoms with Gasteiger partial charge in [0.2, 0.25) is 0 Å². The van der Waals surface area contributed by atoms with Crippen LogP contribution in [0.25, 0.3) is 0 Å². The van der Waals surface area contributed by atoms with Gasteiger partial charge in [-0.15, -0.1) is 0 Å². The van der Waals surface area contributed by atoms with Crippen LogP contribution in [-0.2, 0) is 14.5 Å². The average molecular weight is 1210 g/mol. The van der Waals surface area contributed by atoms with Crippen LogP contribution < -0.4 is 14.2 Å². The Balaban J connectivity index is 0.799. The second kappa shape index (κ2) is 27.3. The molecular weight excluding hydrogens is 1120 g/mol. The van der Waals surface area contributed by atoms with E-state index >= 15 is 0 Å². The summed E-state index contributed by atoms with van der Waals surface area (Å²) in [5.74, 6) is 3.49. The molecule has 0 aliphatic carbocycles. The van der Waals surface area contributed by atoms with Crippen molar-refractivity contribution < 1.29 is 28.7 Å². The predicted molar refractivity (Wildman–Crippen MR) is 367 cm³/mol. The second-order valence-electron chi connectivity index (χ2n) is 28.8. The number of rotatable bonds is 21. The first-order chi connectivity index (χ1) is 42.7. The van der Waals surface area contributed by atoms with Gasteiger partial charge < -0.3 is 14.2 Å². The molecule has 3 heterocycles. The van der Waals surface area contributed by atoms with E-state index in [1.54, 1.807) is 0 Å². The highest BCUT2D eigenvalue weighted by molar-refractivity contribution is 5.83. The van der Waals surface area contributed by atoms with Crippen LogP contribution >= 0.6 is 0 Å². The lowest BCUT2D eigenvalue weighted by atomic mass is 9.82. The fourth-order valence-corrected chi connectivity index (χ4v) is 13.4. The van der Waals surface area contributed by atoms with Gasteiger partial charge in [-0.05, 0) is 268 Å². The first-order valence-corrected chi connectivity index (χ1v) is 32.5. The van der Waals surface area contributed by atoms with Gasteiger partial charge >= 0.3 is 0 Å². The summed E-state index contributed by atoms with van der Waals surface area (Å²) < 4.78 is 19.5. The van der Waals surface area contributed by atoms with E-state index < -0.39 is 0 Å². The Labute approximate surface area is 536 Å². The number of piperidine rings is 3. The normalized spacial score (nSPS) is 20.0. The maximum atomic E-state index is 6.66. The third-order valence-electron chi connectivity index (χ3n) is 18.2. The zero-order valence-electron chi connectivity index (χ0n) is 56.0. The highest BCUT2D eigenvalue weighted by Crippen LogP contribution is 2.44. The van der Waals surface area contributed by atoms with Gasteiger partial charge in [-0.3, -0.25) is 29.5 Å². The molecule has 0 spiro atoms. The average Bonchev–Trinajstić information content (AvgIpc) is 0.929. The first-order valence-electron chi connectivity index (χ1n) is 32.5. The van der Waals surface area contributed by atoms with Crippen molar-refractivity contribution in [3.8, 4) is 34.5 Å². The van der Waals surface area contributed by atoms with Crippen LogP contribution in [0.2, 0.25) is 0 Å². The SMILES string of the molecule is CC(ON1C(C)(C)CCCC1(C)C)c1ccc(C=Nc2ccc(Oc3cc(Oc4ccc(N=Cc5ccc(C(C)ON6C(C)(C)CCCC6(C)C)cc5)cc4)cc(Oc4ccc(N=Cc5ccc(C(C)ON6C(C)(C)CCCC6(C)C)cc5)cc4)c3)cc2)cc1. The zero-order valence-corrected chi connectivity index (χ0v) is 56.0. The maximum Gasteiger partial charge on any atom is 0.134 e. The van der Waals surface area contributed by atoms with Crippen molar-refractivity contribution in [2.24, 2.45) is 15.0 Å². The topological polar surface area (TPSA) is 102 Å². The lowest BCUT2D eigenvalue weighted by molar-refractivity contribution is -0.304. The number of hydrogen-bond donors (Lipinski definition) is 0. The van der Waals surface area contributed by atoms with Crippen LogP contribution in [0.3, 0.4) is 0 Å². The smallest absolute Gasteiger partial charge is 0.134 e. The molecule has 3 aliphatic heterocycles. The van der Waals surface area contributed by atoms with Gasteiger partial charge in [-0.1, -0.05) is 72.8 Å². The third kappa shape index (κ3) is 16.6. The highest BCUT2D eigenvalue weighted by Gasteiger charge is 2.46. The second-order valence-corrected chi connectivity index (χ2v) is 28.8. The summed E-state index contributed by atoms with van der Waals surface area (Å²) in [5, 5.41) is 6.69. The van der Waals surface area contributed by atoms with E-state index in [9.17, 15) is 0 Å². The molecule has 10 rings (SSSR count). The number of hydroxylamine groups is 6. The van der Waals surface area contributed by atoms with Gasteiger partial charge in [0, 0.05) is 70.1 Å². The fraction of sp³-hybridized carbons (Fsp3) is 0.423. The molecule has 3 fully saturated rings. The predicted octanol–water partition coefficient (Wildman–Crippen LogP) is 21.4. The van der Waals surface area contributed by atoms with E-state index in [0.717, 1.165) is 89.0 Å². The van der Waals surface area contributed by atoms with Crippen molar-refractivity contribution in [1.29, 1.82) is 0 Å². The van der Waals surface area contributed by atoms with Gasteiger partial charge in [-0.25, -0.2) is 0 Å². The molecule has 3 saturated heterocycles. The summed E-state index contributed by atoms with van der Waals surface area (Å²) in [4.78, 5) is 34.4. The van der Waals surface area contributed by atoms with E-state index in [1.807, 2.05) is 110 Å². The van der Waals surface area contributed by atoms with E-state index in [4.69, 9.17) is 43.7 Å². The molecule has 12 heteroatoms. The fourth-order valence-electron chi connectivity index (χ4n) is 13.4. The summed E-state index contributed by atoms with van der Waals surface area (Å²) in [6.45, 7) is 33.7. The minimum absolute atomic E-state index is 0.0280. The van der Waals surface area contributed by atoms with Crippen molar-refractivity contribution in [2.45, 2.75) is 213 Å². The van der Waals surface area contributed by atoms with E-state index in [0.29, 0.717) is 34.5 Å². The quantitative estimate of drug-likeness (QED) is 0.0651. The zero-order chi connectivity index (χ0) is 64.1. The van der Waals surface area contributed by atoms with Crippen LogP contribution in [0.5, 0.6) is 34.5 Å². The van der Waals surface area contributed by atoms with E-state index in [1.165, 1.54) is 19.3 Å². The van der Waals surface area contributed by atoms with Crippen LogP contribution in [0, 0.1) is 0 Å². The Hall–Kier alpha value is -7.29. The molecule has 12 nitrogen and oxygen atoms in total. The Morgan fingerprint density at radius 1 is 0.300 bits per heavy atom. The van der Waals surface area contributed by atoms with Gasteiger partial charge in [0.1, 0.15) is 52.8 Å². The lowest BCUT2D eigenvalue weighted by Crippen LogP contribution is -2.58. The van der Waals surface area contributed by atoms with Crippen LogP contribution in [0.1, 0.15) is 213 Å². The Bertz CT molecular complexity index is 3150. The highest BCUT2D eigenvalue weighted by atomic mass is 16.7.